The molecule has 19 heavy (non-hydrogen) atoms. The zero-order valence-electron chi connectivity index (χ0n) is 11.7. The van der Waals surface area contributed by atoms with Crippen LogP contribution in [0.2, 0.25) is 0 Å². The fourth-order valence-electron chi connectivity index (χ4n) is 3.37. The number of aliphatic carboxylic acids is 1. The molecule has 108 valence electrons. The smallest absolute Gasteiger partial charge is 0.311 e. The molecule has 1 heterocycles. The summed E-state index contributed by atoms with van der Waals surface area (Å²) in [6, 6.07) is 0. The predicted octanol–water partition coefficient (Wildman–Crippen LogP) is 1.51. The SMILES string of the molecule is CC(C)OCCC(=O)N1C[C@@H]2CCC[C@@]2(C(=O)O)C1. The predicted molar refractivity (Wildman–Crippen MR) is 69.7 cm³/mol. The van der Waals surface area contributed by atoms with E-state index in [0.717, 1.165) is 12.8 Å². The number of carboxylic acid groups (broad SMARTS) is 1. The second kappa shape index (κ2) is 5.49. The molecule has 0 bridgehead atoms. The lowest BCUT2D eigenvalue weighted by atomic mass is 9.81. The molecule has 5 heteroatoms. The van der Waals surface area contributed by atoms with Gasteiger partial charge in [0.05, 0.1) is 24.5 Å². The maximum absolute atomic E-state index is 12.1. The van der Waals surface area contributed by atoms with Crippen LogP contribution in [-0.2, 0) is 14.3 Å². The Labute approximate surface area is 113 Å². The molecule has 0 spiro atoms. The summed E-state index contributed by atoms with van der Waals surface area (Å²) in [4.78, 5) is 25.3. The summed E-state index contributed by atoms with van der Waals surface area (Å²) in [7, 11) is 0. The first kappa shape index (κ1) is 14.3. The first-order valence-corrected chi connectivity index (χ1v) is 7.08. The van der Waals surface area contributed by atoms with Gasteiger partial charge >= 0.3 is 5.97 Å². The third-order valence-electron chi connectivity index (χ3n) is 4.42. The topological polar surface area (TPSA) is 66.8 Å². The van der Waals surface area contributed by atoms with E-state index < -0.39 is 11.4 Å². The molecular weight excluding hydrogens is 246 g/mol. The monoisotopic (exact) mass is 269 g/mol. The molecule has 1 amide bonds. The number of ether oxygens (including phenoxy) is 1. The molecule has 0 aromatic rings. The fourth-order valence-corrected chi connectivity index (χ4v) is 3.37. The summed E-state index contributed by atoms with van der Waals surface area (Å²) in [6.45, 7) is 5.27. The normalized spacial score (nSPS) is 29.8. The van der Waals surface area contributed by atoms with Crippen molar-refractivity contribution in [1.29, 1.82) is 0 Å². The van der Waals surface area contributed by atoms with E-state index in [1.165, 1.54) is 0 Å². The van der Waals surface area contributed by atoms with Crippen molar-refractivity contribution in [3.05, 3.63) is 0 Å². The van der Waals surface area contributed by atoms with Crippen LogP contribution in [0.4, 0.5) is 0 Å². The largest absolute Gasteiger partial charge is 0.481 e. The maximum atomic E-state index is 12.1. The van der Waals surface area contributed by atoms with Crippen LogP contribution in [0.5, 0.6) is 0 Å². The lowest BCUT2D eigenvalue weighted by Crippen LogP contribution is -2.37. The zero-order valence-corrected chi connectivity index (χ0v) is 11.7. The molecular formula is C14H23NO4. The molecule has 2 rings (SSSR count). The van der Waals surface area contributed by atoms with Gasteiger partial charge in [0.25, 0.3) is 0 Å². The lowest BCUT2D eigenvalue weighted by Gasteiger charge is -2.23. The minimum atomic E-state index is -0.733. The Kier molecular flexibility index (Phi) is 4.13. The van der Waals surface area contributed by atoms with Crippen molar-refractivity contribution in [2.75, 3.05) is 19.7 Å². The minimum absolute atomic E-state index is 0.0238. The van der Waals surface area contributed by atoms with Crippen LogP contribution >= 0.6 is 0 Å². The van der Waals surface area contributed by atoms with Gasteiger partial charge in [-0.1, -0.05) is 6.42 Å². The Morgan fingerprint density at radius 2 is 2.21 bits per heavy atom. The van der Waals surface area contributed by atoms with E-state index in [1.54, 1.807) is 4.90 Å². The minimum Gasteiger partial charge on any atom is -0.481 e. The van der Waals surface area contributed by atoms with E-state index >= 15 is 0 Å². The first-order chi connectivity index (χ1) is 8.95. The number of carboxylic acids is 1. The number of hydrogen-bond acceptors (Lipinski definition) is 3. The van der Waals surface area contributed by atoms with E-state index in [1.807, 2.05) is 13.8 Å². The van der Waals surface area contributed by atoms with Crippen molar-refractivity contribution < 1.29 is 19.4 Å². The van der Waals surface area contributed by atoms with E-state index in [4.69, 9.17) is 4.74 Å². The Bertz CT molecular complexity index is 368. The summed E-state index contributed by atoms with van der Waals surface area (Å²) in [5.74, 6) is -0.570. The molecule has 1 aliphatic heterocycles. The Morgan fingerprint density at radius 1 is 1.47 bits per heavy atom. The highest BCUT2D eigenvalue weighted by Gasteiger charge is 2.55. The van der Waals surface area contributed by atoms with Crippen molar-refractivity contribution >= 4 is 11.9 Å². The number of rotatable bonds is 5. The molecule has 0 aromatic carbocycles. The van der Waals surface area contributed by atoms with Gasteiger partial charge < -0.3 is 14.7 Å². The van der Waals surface area contributed by atoms with Crippen molar-refractivity contribution in [2.45, 2.75) is 45.6 Å². The van der Waals surface area contributed by atoms with E-state index in [9.17, 15) is 14.7 Å². The molecule has 2 fully saturated rings. The average molecular weight is 269 g/mol. The molecule has 0 aromatic heterocycles. The summed E-state index contributed by atoms with van der Waals surface area (Å²) < 4.78 is 5.37. The van der Waals surface area contributed by atoms with Crippen molar-refractivity contribution in [1.82, 2.24) is 4.90 Å². The molecule has 0 unspecified atom stereocenters. The number of carbonyl (C=O) groups is 2. The third-order valence-corrected chi connectivity index (χ3v) is 4.42. The van der Waals surface area contributed by atoms with Gasteiger partial charge in [-0.25, -0.2) is 0 Å². The van der Waals surface area contributed by atoms with Crippen LogP contribution in [0.3, 0.4) is 0 Å². The summed E-state index contributed by atoms with van der Waals surface area (Å²) in [6.07, 6.45) is 3.07. The molecule has 0 radical (unpaired) electrons. The summed E-state index contributed by atoms with van der Waals surface area (Å²) in [5, 5.41) is 9.46. The highest BCUT2D eigenvalue weighted by Crippen LogP contribution is 2.48. The van der Waals surface area contributed by atoms with Crippen LogP contribution in [0.1, 0.15) is 39.5 Å². The number of nitrogens with zero attached hydrogens (tertiary/aromatic N) is 1. The number of fused-ring (bicyclic) bond motifs is 1. The van der Waals surface area contributed by atoms with Crippen molar-refractivity contribution in [3.8, 4) is 0 Å². The standard InChI is InChI=1S/C14H23NO4/c1-10(2)19-7-5-12(16)15-8-11-4-3-6-14(11,9-15)13(17)18/h10-11H,3-9H2,1-2H3,(H,17,18)/t11-,14+/m0/s1. The van der Waals surface area contributed by atoms with Crippen LogP contribution < -0.4 is 0 Å². The highest BCUT2D eigenvalue weighted by molar-refractivity contribution is 5.81. The zero-order chi connectivity index (χ0) is 14.0. The Balaban J connectivity index is 1.90. The van der Waals surface area contributed by atoms with Crippen LogP contribution in [0.15, 0.2) is 0 Å². The average Bonchev–Trinajstić information content (AvgIpc) is 2.84. The molecule has 1 saturated carbocycles. The molecule has 1 saturated heterocycles. The Hall–Kier alpha value is -1.10. The van der Waals surface area contributed by atoms with Gasteiger partial charge in [-0.15, -0.1) is 0 Å². The summed E-state index contributed by atoms with van der Waals surface area (Å²) >= 11 is 0. The van der Waals surface area contributed by atoms with Gasteiger partial charge in [-0.05, 0) is 32.6 Å². The third kappa shape index (κ3) is 2.76. The number of amides is 1. The van der Waals surface area contributed by atoms with Crippen molar-refractivity contribution in [3.63, 3.8) is 0 Å². The van der Waals surface area contributed by atoms with Crippen LogP contribution in [0, 0.1) is 11.3 Å². The molecule has 1 aliphatic carbocycles. The van der Waals surface area contributed by atoms with E-state index in [0.29, 0.717) is 32.5 Å². The molecule has 1 N–H and O–H groups in total. The first-order valence-electron chi connectivity index (χ1n) is 7.08. The Morgan fingerprint density at radius 3 is 2.79 bits per heavy atom. The number of carbonyl (C=O) groups excluding carboxylic acids is 1. The number of hydrogen-bond donors (Lipinski definition) is 1. The van der Waals surface area contributed by atoms with Gasteiger partial charge in [0.2, 0.25) is 5.91 Å². The molecule has 2 atom stereocenters. The molecule has 5 nitrogen and oxygen atoms in total. The number of likely N-dealkylation sites (tertiary alicyclic amines) is 1. The highest BCUT2D eigenvalue weighted by atomic mass is 16.5. The van der Waals surface area contributed by atoms with Gasteiger partial charge in [-0.2, -0.15) is 0 Å². The molecule has 2 aliphatic rings. The second-order valence-corrected chi connectivity index (χ2v) is 5.99. The maximum Gasteiger partial charge on any atom is 0.311 e. The van der Waals surface area contributed by atoms with Crippen molar-refractivity contribution in [2.24, 2.45) is 11.3 Å². The quantitative estimate of drug-likeness (QED) is 0.821. The van der Waals surface area contributed by atoms with Crippen LogP contribution in [0.25, 0.3) is 0 Å². The van der Waals surface area contributed by atoms with Gasteiger partial charge in [0.15, 0.2) is 0 Å². The second-order valence-electron chi connectivity index (χ2n) is 5.99. The fraction of sp³-hybridized carbons (Fsp3) is 0.857. The summed E-state index contributed by atoms with van der Waals surface area (Å²) in [5.41, 5.74) is -0.672. The lowest BCUT2D eigenvalue weighted by molar-refractivity contribution is -0.149. The van der Waals surface area contributed by atoms with E-state index in [-0.39, 0.29) is 17.9 Å². The van der Waals surface area contributed by atoms with Gasteiger partial charge in [0, 0.05) is 13.1 Å². The van der Waals surface area contributed by atoms with Gasteiger partial charge in [-0.3, -0.25) is 9.59 Å². The van der Waals surface area contributed by atoms with Gasteiger partial charge in [0.1, 0.15) is 0 Å². The van der Waals surface area contributed by atoms with E-state index in [2.05, 4.69) is 0 Å². The van der Waals surface area contributed by atoms with Crippen LogP contribution in [-0.4, -0.2) is 47.7 Å².